The van der Waals surface area contributed by atoms with Crippen LogP contribution in [0.15, 0.2) is 28.7 Å². The fraction of sp³-hybridized carbons (Fsp3) is 0.562. The van der Waals surface area contributed by atoms with E-state index in [2.05, 4.69) is 28.9 Å². The van der Waals surface area contributed by atoms with Gasteiger partial charge in [0.15, 0.2) is 0 Å². The summed E-state index contributed by atoms with van der Waals surface area (Å²) in [4.78, 5) is 14.4. The summed E-state index contributed by atoms with van der Waals surface area (Å²) in [6.45, 7) is 3.33. The molecular weight excluding hydrogens is 318 g/mol. The van der Waals surface area contributed by atoms with Crippen molar-refractivity contribution in [2.24, 2.45) is 5.92 Å². The van der Waals surface area contributed by atoms with E-state index in [9.17, 15) is 9.90 Å². The van der Waals surface area contributed by atoms with Crippen molar-refractivity contribution in [2.75, 3.05) is 13.1 Å². The molecule has 0 aromatic heterocycles. The van der Waals surface area contributed by atoms with E-state index in [1.807, 2.05) is 23.1 Å². The molecule has 4 heteroatoms. The molecule has 2 rings (SSSR count). The second kappa shape index (κ2) is 7.23. The van der Waals surface area contributed by atoms with Gasteiger partial charge < -0.3 is 10.0 Å². The SMILES string of the molecule is CCC(Cc1ccccc1Br)C(=O)N1CCCC(O)C1. The second-order valence-corrected chi connectivity index (χ2v) is 6.34. The molecule has 1 aliphatic heterocycles. The Morgan fingerprint density at radius 1 is 1.50 bits per heavy atom. The van der Waals surface area contributed by atoms with Gasteiger partial charge in [-0.3, -0.25) is 4.79 Å². The van der Waals surface area contributed by atoms with E-state index < -0.39 is 0 Å². The first-order chi connectivity index (χ1) is 9.61. The molecule has 1 aromatic rings. The van der Waals surface area contributed by atoms with Crippen LogP contribution in [0.2, 0.25) is 0 Å². The number of aliphatic hydroxyl groups excluding tert-OH is 1. The first-order valence-corrected chi connectivity index (χ1v) is 8.11. The topological polar surface area (TPSA) is 40.5 Å². The third-order valence-corrected chi connectivity index (χ3v) is 4.75. The Bertz CT molecular complexity index is 464. The van der Waals surface area contributed by atoms with Gasteiger partial charge in [-0.2, -0.15) is 0 Å². The fourth-order valence-electron chi connectivity index (χ4n) is 2.75. The van der Waals surface area contributed by atoms with Crippen LogP contribution in [-0.4, -0.2) is 35.1 Å². The first kappa shape index (κ1) is 15.5. The molecule has 2 unspecified atom stereocenters. The Balaban J connectivity index is 2.04. The van der Waals surface area contributed by atoms with Crippen molar-refractivity contribution in [2.45, 2.75) is 38.7 Å². The molecule has 20 heavy (non-hydrogen) atoms. The number of likely N-dealkylation sites (tertiary alicyclic amines) is 1. The summed E-state index contributed by atoms with van der Waals surface area (Å²) < 4.78 is 1.06. The molecule has 1 aromatic carbocycles. The lowest BCUT2D eigenvalue weighted by molar-refractivity contribution is -0.138. The number of piperidine rings is 1. The van der Waals surface area contributed by atoms with Gasteiger partial charge in [-0.05, 0) is 37.3 Å². The summed E-state index contributed by atoms with van der Waals surface area (Å²) in [5.74, 6) is 0.181. The van der Waals surface area contributed by atoms with Crippen molar-refractivity contribution in [3.05, 3.63) is 34.3 Å². The molecule has 1 fully saturated rings. The highest BCUT2D eigenvalue weighted by atomic mass is 79.9. The normalized spacial score (nSPS) is 20.8. The number of amides is 1. The molecule has 0 spiro atoms. The van der Waals surface area contributed by atoms with Crippen LogP contribution in [0.5, 0.6) is 0 Å². The van der Waals surface area contributed by atoms with Gasteiger partial charge in [0.25, 0.3) is 0 Å². The number of hydrogen-bond acceptors (Lipinski definition) is 2. The Morgan fingerprint density at radius 3 is 2.90 bits per heavy atom. The maximum Gasteiger partial charge on any atom is 0.226 e. The van der Waals surface area contributed by atoms with Crippen molar-refractivity contribution >= 4 is 21.8 Å². The van der Waals surface area contributed by atoms with Gasteiger partial charge in [0.1, 0.15) is 0 Å². The number of hydrogen-bond donors (Lipinski definition) is 1. The Kier molecular flexibility index (Phi) is 5.61. The van der Waals surface area contributed by atoms with Crippen LogP contribution in [0.25, 0.3) is 0 Å². The lowest BCUT2D eigenvalue weighted by Gasteiger charge is -2.32. The highest BCUT2D eigenvalue weighted by Crippen LogP contribution is 2.23. The van der Waals surface area contributed by atoms with Gasteiger partial charge in [0.05, 0.1) is 6.10 Å². The molecule has 0 radical (unpaired) electrons. The van der Waals surface area contributed by atoms with Crippen LogP contribution in [0.3, 0.4) is 0 Å². The quantitative estimate of drug-likeness (QED) is 0.915. The fourth-order valence-corrected chi connectivity index (χ4v) is 3.20. The van der Waals surface area contributed by atoms with Crippen molar-refractivity contribution in [1.82, 2.24) is 4.90 Å². The van der Waals surface area contributed by atoms with E-state index in [4.69, 9.17) is 0 Å². The smallest absolute Gasteiger partial charge is 0.226 e. The number of halogens is 1. The van der Waals surface area contributed by atoms with Gasteiger partial charge in [-0.25, -0.2) is 0 Å². The predicted molar refractivity (Wildman–Crippen MR) is 83.4 cm³/mol. The van der Waals surface area contributed by atoms with E-state index in [1.165, 1.54) is 5.56 Å². The molecule has 3 nitrogen and oxygen atoms in total. The monoisotopic (exact) mass is 339 g/mol. The van der Waals surface area contributed by atoms with Crippen molar-refractivity contribution < 1.29 is 9.90 Å². The van der Waals surface area contributed by atoms with Crippen LogP contribution >= 0.6 is 15.9 Å². The zero-order valence-electron chi connectivity index (χ0n) is 11.9. The predicted octanol–water partition coefficient (Wildman–Crippen LogP) is 3.00. The summed E-state index contributed by atoms with van der Waals surface area (Å²) >= 11 is 3.54. The van der Waals surface area contributed by atoms with E-state index in [0.717, 1.165) is 36.7 Å². The van der Waals surface area contributed by atoms with Gasteiger partial charge >= 0.3 is 0 Å². The lowest BCUT2D eigenvalue weighted by Crippen LogP contribution is -2.45. The highest BCUT2D eigenvalue weighted by molar-refractivity contribution is 9.10. The summed E-state index contributed by atoms with van der Waals surface area (Å²) in [5, 5.41) is 9.72. The molecule has 1 aliphatic rings. The van der Waals surface area contributed by atoms with Gasteiger partial charge in [-0.15, -0.1) is 0 Å². The number of rotatable bonds is 4. The number of aliphatic hydroxyl groups is 1. The molecule has 1 heterocycles. The standard InChI is InChI=1S/C16H22BrNO2/c1-2-12(10-13-6-3-4-8-15(13)17)16(20)18-9-5-7-14(19)11-18/h3-4,6,8,12,14,19H,2,5,7,9-11H2,1H3. The molecule has 0 bridgehead atoms. The molecule has 1 amide bonds. The minimum Gasteiger partial charge on any atom is -0.391 e. The third kappa shape index (κ3) is 3.83. The van der Waals surface area contributed by atoms with Crippen LogP contribution in [0.1, 0.15) is 31.7 Å². The summed E-state index contributed by atoms with van der Waals surface area (Å²) in [6, 6.07) is 8.06. The summed E-state index contributed by atoms with van der Waals surface area (Å²) in [6.07, 6.45) is 2.94. The average Bonchev–Trinajstić information content (AvgIpc) is 2.46. The summed E-state index contributed by atoms with van der Waals surface area (Å²) in [5.41, 5.74) is 1.17. The second-order valence-electron chi connectivity index (χ2n) is 5.48. The molecule has 110 valence electrons. The Morgan fingerprint density at radius 2 is 2.25 bits per heavy atom. The molecule has 1 N–H and O–H groups in total. The molecule has 1 saturated heterocycles. The van der Waals surface area contributed by atoms with Crippen LogP contribution in [-0.2, 0) is 11.2 Å². The highest BCUT2D eigenvalue weighted by Gasteiger charge is 2.27. The molecule has 0 aliphatic carbocycles. The van der Waals surface area contributed by atoms with Crippen molar-refractivity contribution in [3.8, 4) is 0 Å². The van der Waals surface area contributed by atoms with E-state index >= 15 is 0 Å². The van der Waals surface area contributed by atoms with E-state index in [1.54, 1.807) is 0 Å². The van der Waals surface area contributed by atoms with E-state index in [-0.39, 0.29) is 17.9 Å². The van der Waals surface area contributed by atoms with Crippen LogP contribution in [0, 0.1) is 5.92 Å². The number of benzene rings is 1. The average molecular weight is 340 g/mol. The van der Waals surface area contributed by atoms with Crippen LogP contribution < -0.4 is 0 Å². The zero-order valence-corrected chi connectivity index (χ0v) is 13.5. The van der Waals surface area contributed by atoms with Gasteiger partial charge in [0.2, 0.25) is 5.91 Å². The Labute approximate surface area is 129 Å². The van der Waals surface area contributed by atoms with Gasteiger partial charge in [0, 0.05) is 23.5 Å². The Hall–Kier alpha value is -0.870. The number of nitrogens with zero attached hydrogens (tertiary/aromatic N) is 1. The maximum absolute atomic E-state index is 12.6. The largest absolute Gasteiger partial charge is 0.391 e. The molecule has 2 atom stereocenters. The third-order valence-electron chi connectivity index (χ3n) is 3.97. The maximum atomic E-state index is 12.6. The van der Waals surface area contributed by atoms with Gasteiger partial charge in [-0.1, -0.05) is 41.1 Å². The van der Waals surface area contributed by atoms with Crippen LogP contribution in [0.4, 0.5) is 0 Å². The molecular formula is C16H22BrNO2. The minimum atomic E-state index is -0.353. The first-order valence-electron chi connectivity index (χ1n) is 7.32. The van der Waals surface area contributed by atoms with Crippen molar-refractivity contribution in [3.63, 3.8) is 0 Å². The van der Waals surface area contributed by atoms with E-state index in [0.29, 0.717) is 6.54 Å². The number of carbonyl (C=O) groups excluding carboxylic acids is 1. The molecule has 0 saturated carbocycles. The summed E-state index contributed by atoms with van der Waals surface area (Å²) in [7, 11) is 0. The minimum absolute atomic E-state index is 0.000926. The zero-order chi connectivity index (χ0) is 14.5. The van der Waals surface area contributed by atoms with Crippen molar-refractivity contribution in [1.29, 1.82) is 0 Å². The number of β-amino-alcohol motifs (C(OH)–C–C–N with tert-alkyl or cyclic N) is 1. The lowest BCUT2D eigenvalue weighted by atomic mass is 9.94. The number of carbonyl (C=O) groups is 1.